The molecular weight excluding hydrogens is 415 g/mol. The van der Waals surface area contributed by atoms with E-state index < -0.39 is 0 Å². The second-order valence-corrected chi connectivity index (χ2v) is 9.21. The van der Waals surface area contributed by atoms with Crippen molar-refractivity contribution in [1.29, 1.82) is 0 Å². The number of aromatic nitrogens is 4. The number of nitrogens with zero attached hydrogens (tertiary/aromatic N) is 5. The SMILES string of the molecule is CSN1C(C)CC(c2cnc(NCc3c(F)ccc4c3CCO4)n3cnnc23)CC1C. The lowest BCUT2D eigenvalue weighted by Gasteiger charge is -2.41. The summed E-state index contributed by atoms with van der Waals surface area (Å²) in [5, 5.41) is 11.8. The fraction of sp³-hybridized carbons (Fsp3) is 0.500. The Bertz CT molecular complexity index is 1090. The first-order valence-electron chi connectivity index (χ1n) is 10.7. The van der Waals surface area contributed by atoms with Crippen LogP contribution in [0.1, 0.15) is 49.3 Å². The standard InChI is InChI=1S/C22H27FN6OS/c1-13-8-15(9-14(2)29(13)31-3)17-10-24-22(28-12-26-27-21(17)28)25-11-18-16-6-7-30-20(16)5-4-19(18)23/h4-5,10,12-15H,6-9,11H2,1-3H3,(H,24,25). The number of anilines is 1. The summed E-state index contributed by atoms with van der Waals surface area (Å²) >= 11 is 1.82. The van der Waals surface area contributed by atoms with Gasteiger partial charge in [-0.3, -0.25) is 4.40 Å². The summed E-state index contributed by atoms with van der Waals surface area (Å²) < 4.78 is 24.4. The van der Waals surface area contributed by atoms with Gasteiger partial charge in [-0.05, 0) is 51.0 Å². The molecule has 0 bridgehead atoms. The maximum atomic E-state index is 14.5. The predicted molar refractivity (Wildman–Crippen MR) is 120 cm³/mol. The first kappa shape index (κ1) is 20.5. The van der Waals surface area contributed by atoms with E-state index in [1.807, 2.05) is 22.5 Å². The van der Waals surface area contributed by atoms with E-state index in [1.165, 1.54) is 6.07 Å². The average molecular weight is 443 g/mol. The van der Waals surface area contributed by atoms with Crippen molar-refractivity contribution in [3.63, 3.8) is 0 Å². The van der Waals surface area contributed by atoms with Gasteiger partial charge in [0.1, 0.15) is 17.9 Å². The van der Waals surface area contributed by atoms with E-state index in [0.717, 1.165) is 41.8 Å². The van der Waals surface area contributed by atoms with E-state index in [-0.39, 0.29) is 5.82 Å². The zero-order valence-electron chi connectivity index (χ0n) is 18.0. The smallest absolute Gasteiger partial charge is 0.210 e. The van der Waals surface area contributed by atoms with Crippen LogP contribution < -0.4 is 10.1 Å². The Labute approximate surface area is 185 Å². The van der Waals surface area contributed by atoms with E-state index in [0.29, 0.717) is 42.7 Å². The van der Waals surface area contributed by atoms with Crippen molar-refractivity contribution in [3.05, 3.63) is 47.2 Å². The molecule has 0 aliphatic carbocycles. The number of fused-ring (bicyclic) bond motifs is 2. The summed E-state index contributed by atoms with van der Waals surface area (Å²) in [6.07, 6.45) is 8.58. The minimum atomic E-state index is -0.225. The van der Waals surface area contributed by atoms with Crippen molar-refractivity contribution in [1.82, 2.24) is 23.9 Å². The Kier molecular flexibility index (Phi) is 5.47. The average Bonchev–Trinajstić information content (AvgIpc) is 3.42. The molecule has 1 aromatic carbocycles. The quantitative estimate of drug-likeness (QED) is 0.598. The van der Waals surface area contributed by atoms with Crippen LogP contribution in [0.3, 0.4) is 0 Å². The van der Waals surface area contributed by atoms with Crippen LogP contribution >= 0.6 is 11.9 Å². The highest BCUT2D eigenvalue weighted by atomic mass is 32.2. The highest BCUT2D eigenvalue weighted by Gasteiger charge is 2.33. The molecule has 0 radical (unpaired) electrons. The summed E-state index contributed by atoms with van der Waals surface area (Å²) in [6.45, 7) is 5.49. The number of hydrogen-bond acceptors (Lipinski definition) is 7. The molecule has 2 aromatic heterocycles. The third kappa shape index (κ3) is 3.63. The van der Waals surface area contributed by atoms with Gasteiger partial charge in [0.2, 0.25) is 5.95 Å². The van der Waals surface area contributed by atoms with Crippen LogP contribution in [0.25, 0.3) is 5.65 Å². The number of benzene rings is 1. The molecule has 1 saturated heterocycles. The Morgan fingerprint density at radius 2 is 2.06 bits per heavy atom. The molecule has 2 unspecified atom stereocenters. The fourth-order valence-electron chi connectivity index (χ4n) is 5.11. The maximum Gasteiger partial charge on any atom is 0.210 e. The van der Waals surface area contributed by atoms with Crippen LogP contribution in [0, 0.1) is 5.82 Å². The molecule has 0 saturated carbocycles. The van der Waals surface area contributed by atoms with Crippen LogP contribution in [0.4, 0.5) is 10.3 Å². The number of hydrogen-bond donors (Lipinski definition) is 1. The van der Waals surface area contributed by atoms with Crippen LogP contribution in [0.15, 0.2) is 24.7 Å². The molecular formula is C22H27FN6OS. The third-order valence-electron chi connectivity index (χ3n) is 6.49. The molecule has 2 atom stereocenters. The Morgan fingerprint density at radius 3 is 2.84 bits per heavy atom. The van der Waals surface area contributed by atoms with Gasteiger partial charge < -0.3 is 10.1 Å². The van der Waals surface area contributed by atoms with E-state index in [1.54, 1.807) is 12.4 Å². The summed E-state index contributed by atoms with van der Waals surface area (Å²) in [4.78, 5) is 4.68. The number of rotatable bonds is 5. The van der Waals surface area contributed by atoms with Gasteiger partial charge in [0.25, 0.3) is 0 Å². The first-order chi connectivity index (χ1) is 15.1. The normalized spacial score (nSPS) is 23.7. The number of nitrogens with one attached hydrogen (secondary N) is 1. The topological polar surface area (TPSA) is 67.6 Å². The van der Waals surface area contributed by atoms with Crippen LogP contribution in [0.2, 0.25) is 0 Å². The van der Waals surface area contributed by atoms with Gasteiger partial charge in [-0.2, -0.15) is 0 Å². The van der Waals surface area contributed by atoms with Crippen molar-refractivity contribution in [2.75, 3.05) is 18.2 Å². The molecule has 9 heteroatoms. The third-order valence-corrected chi connectivity index (χ3v) is 7.64. The van der Waals surface area contributed by atoms with Crippen molar-refractivity contribution in [2.45, 2.75) is 57.7 Å². The van der Waals surface area contributed by atoms with Crippen molar-refractivity contribution < 1.29 is 9.13 Å². The van der Waals surface area contributed by atoms with E-state index in [9.17, 15) is 4.39 Å². The second kappa shape index (κ2) is 8.27. The van der Waals surface area contributed by atoms with E-state index in [4.69, 9.17) is 4.74 Å². The molecule has 164 valence electrons. The lowest BCUT2D eigenvalue weighted by molar-refractivity contribution is 0.202. The molecule has 0 spiro atoms. The van der Waals surface area contributed by atoms with Gasteiger partial charge in [-0.1, -0.05) is 11.9 Å². The molecule has 3 aromatic rings. The van der Waals surface area contributed by atoms with Crippen LogP contribution in [-0.4, -0.2) is 48.8 Å². The molecule has 2 aliphatic heterocycles. The van der Waals surface area contributed by atoms with Gasteiger partial charge in [0.05, 0.1) is 6.61 Å². The Morgan fingerprint density at radius 1 is 1.26 bits per heavy atom. The largest absolute Gasteiger partial charge is 0.493 e. The van der Waals surface area contributed by atoms with Gasteiger partial charge in [-0.15, -0.1) is 10.2 Å². The van der Waals surface area contributed by atoms with Gasteiger partial charge in [-0.25, -0.2) is 13.7 Å². The zero-order valence-corrected chi connectivity index (χ0v) is 18.8. The monoisotopic (exact) mass is 442 g/mol. The fourth-order valence-corrected chi connectivity index (χ4v) is 6.00. The minimum Gasteiger partial charge on any atom is -0.493 e. The molecule has 4 heterocycles. The Hall–Kier alpha value is -2.39. The van der Waals surface area contributed by atoms with Crippen LogP contribution in [-0.2, 0) is 13.0 Å². The van der Waals surface area contributed by atoms with Gasteiger partial charge >= 0.3 is 0 Å². The van der Waals surface area contributed by atoms with Crippen molar-refractivity contribution in [3.8, 4) is 5.75 Å². The molecule has 5 rings (SSSR count). The lowest BCUT2D eigenvalue weighted by Crippen LogP contribution is -2.41. The van der Waals surface area contributed by atoms with Gasteiger partial charge in [0.15, 0.2) is 5.65 Å². The number of halogens is 1. The van der Waals surface area contributed by atoms with E-state index >= 15 is 0 Å². The summed E-state index contributed by atoms with van der Waals surface area (Å²) in [5.74, 6) is 1.55. The van der Waals surface area contributed by atoms with Crippen molar-refractivity contribution in [2.24, 2.45) is 0 Å². The highest BCUT2D eigenvalue weighted by molar-refractivity contribution is 7.96. The summed E-state index contributed by atoms with van der Waals surface area (Å²) in [7, 11) is 0. The Balaban J connectivity index is 1.41. The van der Waals surface area contributed by atoms with Crippen LogP contribution in [0.5, 0.6) is 5.75 Å². The van der Waals surface area contributed by atoms with Crippen molar-refractivity contribution >= 4 is 23.5 Å². The zero-order chi connectivity index (χ0) is 21.5. The first-order valence-corrected chi connectivity index (χ1v) is 11.9. The maximum absolute atomic E-state index is 14.5. The lowest BCUT2D eigenvalue weighted by atomic mass is 9.84. The minimum absolute atomic E-state index is 0.225. The van der Waals surface area contributed by atoms with Gasteiger partial charge in [0, 0.05) is 47.9 Å². The highest BCUT2D eigenvalue weighted by Crippen LogP contribution is 2.39. The number of piperidine rings is 1. The summed E-state index contributed by atoms with van der Waals surface area (Å²) in [6, 6.07) is 4.14. The molecule has 7 nitrogen and oxygen atoms in total. The molecule has 0 amide bonds. The molecule has 1 fully saturated rings. The second-order valence-electron chi connectivity index (χ2n) is 8.43. The van der Waals surface area contributed by atoms with E-state index in [2.05, 4.69) is 44.9 Å². The number of ether oxygens (including phenoxy) is 1. The molecule has 2 aliphatic rings. The summed E-state index contributed by atoms with van der Waals surface area (Å²) in [5.41, 5.74) is 3.52. The molecule has 31 heavy (non-hydrogen) atoms. The molecule has 1 N–H and O–H groups in total. The predicted octanol–water partition coefficient (Wildman–Crippen LogP) is 4.04.